The van der Waals surface area contributed by atoms with Crippen molar-refractivity contribution in [3.8, 4) is 0 Å². The quantitative estimate of drug-likeness (QED) is 0.839. The average molecular weight is 250 g/mol. The summed E-state index contributed by atoms with van der Waals surface area (Å²) in [5, 5.41) is 6.13. The van der Waals surface area contributed by atoms with Crippen molar-refractivity contribution in [3.05, 3.63) is 48.0 Å². The Hall–Kier alpha value is -1.09. The second-order valence-corrected chi connectivity index (χ2v) is 4.15. The van der Waals surface area contributed by atoms with E-state index in [2.05, 4.69) is 47.8 Å². The Labute approximate surface area is 107 Å². The van der Waals surface area contributed by atoms with Gasteiger partial charge in [-0.25, -0.2) is 0 Å². The maximum absolute atomic E-state index is 5.52. The minimum absolute atomic E-state index is 0. The maximum Gasteiger partial charge on any atom is 0.0662 e. The lowest BCUT2D eigenvalue weighted by molar-refractivity contribution is 0.0773. The molecule has 0 amide bonds. The highest BCUT2D eigenvalue weighted by Gasteiger charge is 2.16. The van der Waals surface area contributed by atoms with Crippen LogP contribution >= 0.6 is 12.4 Å². The van der Waals surface area contributed by atoms with Crippen LogP contribution in [0.4, 0.5) is 0 Å². The lowest BCUT2D eigenvalue weighted by atomic mass is 9.99. The predicted octanol–water partition coefficient (Wildman–Crippen LogP) is 2.92. The summed E-state index contributed by atoms with van der Waals surface area (Å²) in [5.41, 5.74) is 1.35. The largest absolute Gasteiger partial charge is 0.378 e. The molecule has 0 unspecified atom stereocenters. The molecule has 0 radical (unpaired) electrons. The van der Waals surface area contributed by atoms with Gasteiger partial charge in [0, 0.05) is 6.54 Å². The number of ether oxygens (including phenoxy) is 1. The molecular formula is C14H16ClNO. The molecule has 0 aromatic heterocycles. The summed E-state index contributed by atoms with van der Waals surface area (Å²) in [6.07, 6.45) is 0. The molecule has 1 heterocycles. The number of nitrogens with one attached hydrogen (secondary N) is 1. The van der Waals surface area contributed by atoms with Crippen molar-refractivity contribution in [3.63, 3.8) is 0 Å². The number of hydrogen-bond acceptors (Lipinski definition) is 2. The van der Waals surface area contributed by atoms with E-state index in [1.54, 1.807) is 0 Å². The number of fused-ring (bicyclic) bond motifs is 1. The lowest BCUT2D eigenvalue weighted by Gasteiger charge is -2.25. The van der Waals surface area contributed by atoms with E-state index in [9.17, 15) is 0 Å². The Morgan fingerprint density at radius 1 is 1.06 bits per heavy atom. The molecule has 1 saturated heterocycles. The summed E-state index contributed by atoms with van der Waals surface area (Å²) in [6.45, 7) is 2.53. The number of halogens is 1. The van der Waals surface area contributed by atoms with Crippen LogP contribution in [0.15, 0.2) is 42.5 Å². The first-order chi connectivity index (χ1) is 7.95. The van der Waals surface area contributed by atoms with Gasteiger partial charge in [0.05, 0.1) is 19.3 Å². The van der Waals surface area contributed by atoms with Crippen LogP contribution in [0.25, 0.3) is 10.8 Å². The first-order valence-electron chi connectivity index (χ1n) is 5.74. The fourth-order valence-electron chi connectivity index (χ4n) is 2.32. The highest BCUT2D eigenvalue weighted by Crippen LogP contribution is 2.25. The van der Waals surface area contributed by atoms with Crippen LogP contribution in [0, 0.1) is 0 Å². The van der Waals surface area contributed by atoms with Gasteiger partial charge in [0.25, 0.3) is 0 Å². The zero-order valence-corrected chi connectivity index (χ0v) is 10.4. The smallest absolute Gasteiger partial charge is 0.0662 e. The van der Waals surface area contributed by atoms with Crippen molar-refractivity contribution in [2.45, 2.75) is 6.04 Å². The maximum atomic E-state index is 5.52. The number of hydrogen-bond donors (Lipinski definition) is 1. The van der Waals surface area contributed by atoms with Gasteiger partial charge >= 0.3 is 0 Å². The summed E-state index contributed by atoms with van der Waals surface area (Å²) in [4.78, 5) is 0. The monoisotopic (exact) mass is 249 g/mol. The van der Waals surface area contributed by atoms with Crippen LogP contribution in [-0.2, 0) is 4.74 Å². The molecule has 1 aliphatic rings. The Kier molecular flexibility index (Phi) is 4.00. The van der Waals surface area contributed by atoms with Gasteiger partial charge < -0.3 is 10.1 Å². The molecule has 1 fully saturated rings. The van der Waals surface area contributed by atoms with Crippen molar-refractivity contribution < 1.29 is 4.74 Å². The Bertz CT molecular complexity index is 489. The van der Waals surface area contributed by atoms with Crippen molar-refractivity contribution in [2.75, 3.05) is 19.8 Å². The van der Waals surface area contributed by atoms with Crippen LogP contribution < -0.4 is 5.32 Å². The third-order valence-electron chi connectivity index (χ3n) is 3.12. The van der Waals surface area contributed by atoms with Crippen molar-refractivity contribution in [1.82, 2.24) is 5.32 Å². The van der Waals surface area contributed by atoms with Crippen LogP contribution in [0.2, 0.25) is 0 Å². The summed E-state index contributed by atoms with van der Waals surface area (Å²) < 4.78 is 5.52. The molecule has 0 saturated carbocycles. The molecule has 1 aliphatic heterocycles. The minimum Gasteiger partial charge on any atom is -0.378 e. The molecule has 2 nitrogen and oxygen atoms in total. The third-order valence-corrected chi connectivity index (χ3v) is 3.12. The molecule has 0 aliphatic carbocycles. The Morgan fingerprint density at radius 2 is 1.88 bits per heavy atom. The van der Waals surface area contributed by atoms with Gasteiger partial charge in [-0.05, 0) is 16.3 Å². The van der Waals surface area contributed by atoms with Gasteiger partial charge in [-0.3, -0.25) is 0 Å². The molecule has 2 aromatic rings. The van der Waals surface area contributed by atoms with E-state index in [0.29, 0.717) is 6.04 Å². The fourth-order valence-corrected chi connectivity index (χ4v) is 2.32. The van der Waals surface area contributed by atoms with E-state index in [1.165, 1.54) is 16.3 Å². The van der Waals surface area contributed by atoms with Gasteiger partial charge in [0.2, 0.25) is 0 Å². The highest BCUT2D eigenvalue weighted by molar-refractivity contribution is 5.86. The summed E-state index contributed by atoms with van der Waals surface area (Å²) >= 11 is 0. The van der Waals surface area contributed by atoms with Gasteiger partial charge in [0.15, 0.2) is 0 Å². The van der Waals surface area contributed by atoms with Gasteiger partial charge in [-0.15, -0.1) is 12.4 Å². The second kappa shape index (κ2) is 5.50. The van der Waals surface area contributed by atoms with E-state index in [0.717, 1.165) is 19.8 Å². The third kappa shape index (κ3) is 2.44. The zero-order valence-electron chi connectivity index (χ0n) is 9.56. The average Bonchev–Trinajstić information content (AvgIpc) is 2.39. The second-order valence-electron chi connectivity index (χ2n) is 4.15. The molecule has 90 valence electrons. The van der Waals surface area contributed by atoms with Gasteiger partial charge in [-0.2, -0.15) is 0 Å². The molecule has 3 heteroatoms. The van der Waals surface area contributed by atoms with Crippen LogP contribution in [-0.4, -0.2) is 19.8 Å². The van der Waals surface area contributed by atoms with Crippen LogP contribution in [0.3, 0.4) is 0 Å². The van der Waals surface area contributed by atoms with Crippen molar-refractivity contribution in [2.24, 2.45) is 0 Å². The van der Waals surface area contributed by atoms with E-state index >= 15 is 0 Å². The van der Waals surface area contributed by atoms with E-state index < -0.39 is 0 Å². The molecule has 1 atom stereocenters. The SMILES string of the molecule is Cl.c1ccc2c([C@H]3COCCN3)cccc2c1. The van der Waals surface area contributed by atoms with E-state index in [4.69, 9.17) is 4.74 Å². The van der Waals surface area contributed by atoms with Crippen LogP contribution in [0.5, 0.6) is 0 Å². The first-order valence-corrected chi connectivity index (χ1v) is 5.74. The van der Waals surface area contributed by atoms with Gasteiger partial charge in [0.1, 0.15) is 0 Å². The summed E-state index contributed by atoms with van der Waals surface area (Å²) in [7, 11) is 0. The molecule has 17 heavy (non-hydrogen) atoms. The zero-order chi connectivity index (χ0) is 10.8. The van der Waals surface area contributed by atoms with Crippen molar-refractivity contribution >= 4 is 23.2 Å². The lowest BCUT2D eigenvalue weighted by Crippen LogP contribution is -2.34. The molecule has 3 rings (SSSR count). The standard InChI is InChI=1S/C14H15NO.ClH/c1-2-6-12-11(4-1)5-3-7-13(12)14-10-16-9-8-15-14;/h1-7,14-15H,8-10H2;1H/t14-;/m1./s1. The number of benzene rings is 2. The molecule has 1 N–H and O–H groups in total. The normalized spacial score (nSPS) is 19.9. The van der Waals surface area contributed by atoms with E-state index in [-0.39, 0.29) is 12.4 Å². The molecular weight excluding hydrogens is 234 g/mol. The fraction of sp³-hybridized carbons (Fsp3) is 0.286. The topological polar surface area (TPSA) is 21.3 Å². The first kappa shape index (κ1) is 12.4. The molecule has 0 spiro atoms. The minimum atomic E-state index is 0. The summed E-state index contributed by atoms with van der Waals surface area (Å²) in [6, 6.07) is 15.3. The van der Waals surface area contributed by atoms with Crippen LogP contribution in [0.1, 0.15) is 11.6 Å². The number of rotatable bonds is 1. The van der Waals surface area contributed by atoms with Crippen molar-refractivity contribution in [1.29, 1.82) is 0 Å². The Balaban J connectivity index is 0.00000108. The highest BCUT2D eigenvalue weighted by atomic mass is 35.5. The van der Waals surface area contributed by atoms with Gasteiger partial charge in [-0.1, -0.05) is 42.5 Å². The summed E-state index contributed by atoms with van der Waals surface area (Å²) in [5.74, 6) is 0. The predicted molar refractivity (Wildman–Crippen MR) is 72.8 cm³/mol. The molecule has 2 aromatic carbocycles. The number of morpholine rings is 1. The van der Waals surface area contributed by atoms with E-state index in [1.807, 2.05) is 0 Å². The Morgan fingerprint density at radius 3 is 2.71 bits per heavy atom. The molecule has 0 bridgehead atoms.